The molecule has 8 rings (SSSR count). The Balaban J connectivity index is 1.44. The van der Waals surface area contributed by atoms with Crippen molar-refractivity contribution in [2.45, 2.75) is 48.2 Å². The Morgan fingerprint density at radius 2 is 1.42 bits per heavy atom. The van der Waals surface area contributed by atoms with Gasteiger partial charge < -0.3 is 24.8 Å². The molecule has 5 aromatic carbocycles. The molecule has 0 saturated carbocycles. The largest absolute Gasteiger partial charge is 0.507 e. The Morgan fingerprint density at radius 3 is 2.14 bits per heavy atom. The van der Waals surface area contributed by atoms with Crippen molar-refractivity contribution >= 4 is 45.7 Å². The standard InChI is InChI=1S/C40H30O9S/c1-17-11-18-13-26(32-34(28(18)22(41)12-17)36(43)20-7-5-9-24(48-3)30(20)38(32)45)50-27-14-19-15-40(2,47)16-23(42)29(19)35-33(27)39(46)31-21(37(35)44)8-6-10-25(31)49-4/h5-14,39,41,46-47H,15-16H2,1-4H3/t39-,40-/m1/s1. The van der Waals surface area contributed by atoms with Crippen LogP contribution in [0.1, 0.15) is 99.8 Å². The predicted molar refractivity (Wildman–Crippen MR) is 185 cm³/mol. The number of carbonyl (C=O) groups is 4. The van der Waals surface area contributed by atoms with Crippen LogP contribution in [0, 0.1) is 6.92 Å². The summed E-state index contributed by atoms with van der Waals surface area (Å²) in [6.45, 7) is 3.36. The fraction of sp³-hybridized carbons (Fsp3) is 0.200. The van der Waals surface area contributed by atoms with Crippen molar-refractivity contribution in [3.8, 4) is 17.2 Å². The zero-order valence-electron chi connectivity index (χ0n) is 27.5. The zero-order valence-corrected chi connectivity index (χ0v) is 28.3. The second kappa shape index (κ2) is 11.1. The van der Waals surface area contributed by atoms with Crippen molar-refractivity contribution in [3.05, 3.63) is 122 Å². The predicted octanol–water partition coefficient (Wildman–Crippen LogP) is 6.30. The molecule has 5 aromatic rings. The van der Waals surface area contributed by atoms with E-state index in [0.29, 0.717) is 20.7 Å². The maximum absolute atomic E-state index is 14.6. The molecule has 50 heavy (non-hydrogen) atoms. The monoisotopic (exact) mass is 686 g/mol. The molecule has 0 heterocycles. The van der Waals surface area contributed by atoms with E-state index in [1.807, 2.05) is 0 Å². The van der Waals surface area contributed by atoms with Gasteiger partial charge in [0, 0.05) is 72.5 Å². The molecule has 0 amide bonds. The molecular weight excluding hydrogens is 656 g/mol. The van der Waals surface area contributed by atoms with Crippen LogP contribution in [0.25, 0.3) is 10.8 Å². The fourth-order valence-electron chi connectivity index (χ4n) is 7.84. The normalized spacial score (nSPS) is 19.0. The fourth-order valence-corrected chi connectivity index (χ4v) is 9.09. The Morgan fingerprint density at radius 1 is 0.740 bits per heavy atom. The highest BCUT2D eigenvalue weighted by atomic mass is 32.2. The average molecular weight is 687 g/mol. The number of Topliss-reactive ketones (excluding diaryl/α,β-unsaturated/α-hetero) is 1. The minimum atomic E-state index is -1.40. The summed E-state index contributed by atoms with van der Waals surface area (Å²) in [5.74, 6) is -1.51. The average Bonchev–Trinajstić information content (AvgIpc) is 3.07. The highest BCUT2D eigenvalue weighted by Gasteiger charge is 2.43. The van der Waals surface area contributed by atoms with Gasteiger partial charge in [-0.3, -0.25) is 19.2 Å². The molecule has 0 aromatic heterocycles. The number of hydrogen-bond acceptors (Lipinski definition) is 10. The van der Waals surface area contributed by atoms with Crippen LogP contribution in [0.3, 0.4) is 0 Å². The summed E-state index contributed by atoms with van der Waals surface area (Å²) < 4.78 is 11.1. The van der Waals surface area contributed by atoms with Crippen molar-refractivity contribution < 1.29 is 44.0 Å². The van der Waals surface area contributed by atoms with Crippen LogP contribution >= 0.6 is 11.8 Å². The second-order valence-corrected chi connectivity index (χ2v) is 14.4. The molecule has 250 valence electrons. The summed E-state index contributed by atoms with van der Waals surface area (Å²) in [6.07, 6.45) is -1.54. The van der Waals surface area contributed by atoms with Gasteiger partial charge in [-0.2, -0.15) is 0 Å². The van der Waals surface area contributed by atoms with E-state index in [9.17, 15) is 34.5 Å². The van der Waals surface area contributed by atoms with Crippen LogP contribution in [0.15, 0.2) is 70.5 Å². The number of fused-ring (bicyclic) bond motifs is 8. The summed E-state index contributed by atoms with van der Waals surface area (Å²) in [5.41, 5.74) is 0.857. The summed E-state index contributed by atoms with van der Waals surface area (Å²) in [4.78, 5) is 57.6. The van der Waals surface area contributed by atoms with Gasteiger partial charge in [-0.15, -0.1) is 0 Å². The molecular formula is C40H30O9S. The van der Waals surface area contributed by atoms with Crippen LogP contribution in [-0.2, 0) is 6.42 Å². The van der Waals surface area contributed by atoms with Gasteiger partial charge in [0.1, 0.15) is 23.4 Å². The van der Waals surface area contributed by atoms with Gasteiger partial charge in [0.05, 0.1) is 25.4 Å². The number of phenolic OH excluding ortho intramolecular Hbond substituents is 1. The molecule has 10 heteroatoms. The first kappa shape index (κ1) is 31.9. The number of methoxy groups -OCH3 is 2. The highest BCUT2D eigenvalue weighted by Crippen LogP contribution is 2.51. The maximum atomic E-state index is 14.6. The molecule has 3 N–H and O–H groups in total. The van der Waals surface area contributed by atoms with Gasteiger partial charge in [0.2, 0.25) is 0 Å². The van der Waals surface area contributed by atoms with E-state index in [1.54, 1.807) is 68.4 Å². The number of aryl methyl sites for hydroxylation is 1. The first-order valence-corrected chi connectivity index (χ1v) is 16.8. The Kier molecular flexibility index (Phi) is 7.10. The van der Waals surface area contributed by atoms with Crippen molar-refractivity contribution in [2.75, 3.05) is 14.2 Å². The van der Waals surface area contributed by atoms with Gasteiger partial charge in [0.25, 0.3) is 0 Å². The number of carbonyl (C=O) groups excluding carboxylic acids is 4. The Bertz CT molecular complexity index is 2420. The minimum Gasteiger partial charge on any atom is -0.507 e. The van der Waals surface area contributed by atoms with Crippen LogP contribution < -0.4 is 9.47 Å². The third kappa shape index (κ3) is 4.49. The van der Waals surface area contributed by atoms with E-state index in [4.69, 9.17) is 9.47 Å². The molecule has 3 aliphatic rings. The SMILES string of the molecule is COc1cccc2c1C(=O)c1c(Sc3cc4c(c5c3[C@H](O)c3c(OC)cccc3C5=O)C(=O)C[C@](C)(O)C4)cc3cc(C)cc(O)c3c1C2=O. The number of benzene rings is 5. The molecule has 3 aliphatic carbocycles. The Labute approximate surface area is 290 Å². The Hall–Kier alpha value is -5.29. The van der Waals surface area contributed by atoms with E-state index in [0.717, 1.165) is 17.3 Å². The number of ketones is 4. The van der Waals surface area contributed by atoms with Crippen molar-refractivity contribution in [2.24, 2.45) is 0 Å². The number of phenols is 1. The summed E-state index contributed by atoms with van der Waals surface area (Å²) in [6, 6.07) is 16.3. The molecule has 0 radical (unpaired) electrons. The molecule has 0 aliphatic heterocycles. The van der Waals surface area contributed by atoms with Crippen molar-refractivity contribution in [1.82, 2.24) is 0 Å². The number of ether oxygens (including phenoxy) is 2. The van der Waals surface area contributed by atoms with Crippen LogP contribution in [0.2, 0.25) is 0 Å². The number of rotatable bonds is 4. The lowest BCUT2D eigenvalue weighted by molar-refractivity contribution is 0.0407. The summed E-state index contributed by atoms with van der Waals surface area (Å²) in [5, 5.41) is 35.1. The lowest BCUT2D eigenvalue weighted by atomic mass is 9.73. The first-order chi connectivity index (χ1) is 23.8. The first-order valence-electron chi connectivity index (χ1n) is 15.9. The molecule has 9 nitrogen and oxygen atoms in total. The van der Waals surface area contributed by atoms with E-state index >= 15 is 0 Å². The zero-order chi connectivity index (χ0) is 35.4. The molecule has 0 bridgehead atoms. The lowest BCUT2D eigenvalue weighted by Crippen LogP contribution is -2.38. The van der Waals surface area contributed by atoms with E-state index in [2.05, 4.69) is 0 Å². The topological polar surface area (TPSA) is 147 Å². The smallest absolute Gasteiger partial charge is 0.199 e. The van der Waals surface area contributed by atoms with E-state index < -0.39 is 34.8 Å². The number of aliphatic hydroxyl groups excluding tert-OH is 1. The molecule has 2 atom stereocenters. The van der Waals surface area contributed by atoms with Gasteiger partial charge in [0.15, 0.2) is 23.1 Å². The maximum Gasteiger partial charge on any atom is 0.199 e. The third-order valence-electron chi connectivity index (χ3n) is 9.82. The van der Waals surface area contributed by atoms with Crippen molar-refractivity contribution in [3.63, 3.8) is 0 Å². The van der Waals surface area contributed by atoms with E-state index in [1.165, 1.54) is 20.3 Å². The third-order valence-corrected chi connectivity index (χ3v) is 10.9. The lowest BCUT2D eigenvalue weighted by Gasteiger charge is -2.35. The highest BCUT2D eigenvalue weighted by molar-refractivity contribution is 7.99. The van der Waals surface area contributed by atoms with Gasteiger partial charge in [-0.1, -0.05) is 42.1 Å². The molecule has 0 spiro atoms. The van der Waals surface area contributed by atoms with Gasteiger partial charge in [-0.05, 0) is 60.7 Å². The second-order valence-electron chi connectivity index (χ2n) is 13.3. The number of aliphatic hydroxyl groups is 2. The van der Waals surface area contributed by atoms with Gasteiger partial charge in [-0.25, -0.2) is 0 Å². The molecule has 0 unspecified atom stereocenters. The summed E-state index contributed by atoms with van der Waals surface area (Å²) >= 11 is 1.06. The molecule has 0 fully saturated rings. The number of aromatic hydroxyl groups is 1. The van der Waals surface area contributed by atoms with Crippen LogP contribution in [0.4, 0.5) is 0 Å². The van der Waals surface area contributed by atoms with Crippen LogP contribution in [-0.4, -0.2) is 58.3 Å². The van der Waals surface area contributed by atoms with Gasteiger partial charge >= 0.3 is 0 Å². The quantitative estimate of drug-likeness (QED) is 0.193. The van der Waals surface area contributed by atoms with E-state index in [-0.39, 0.29) is 85.5 Å². The summed E-state index contributed by atoms with van der Waals surface area (Å²) in [7, 11) is 2.84. The number of hydrogen-bond donors (Lipinski definition) is 3. The van der Waals surface area contributed by atoms with Crippen LogP contribution in [0.5, 0.6) is 17.2 Å². The minimum absolute atomic E-state index is 0.0295. The van der Waals surface area contributed by atoms with Crippen molar-refractivity contribution in [1.29, 1.82) is 0 Å². The molecule has 0 saturated heterocycles.